The highest BCUT2D eigenvalue weighted by molar-refractivity contribution is 7.80. The zero-order chi connectivity index (χ0) is 18.4. The number of hydrazone groups is 1. The molecule has 1 heterocycles. The van der Waals surface area contributed by atoms with Crippen LogP contribution in [-0.2, 0) is 4.74 Å². The fourth-order valence-corrected chi connectivity index (χ4v) is 2.80. The summed E-state index contributed by atoms with van der Waals surface area (Å²) in [7, 11) is 0. The van der Waals surface area contributed by atoms with Crippen molar-refractivity contribution in [2.24, 2.45) is 5.10 Å². The number of nitrogens with zero attached hydrogens (tertiary/aromatic N) is 2. The first-order valence-corrected chi connectivity index (χ1v) is 8.83. The fraction of sp³-hybridized carbons (Fsp3) is 0.263. The van der Waals surface area contributed by atoms with E-state index in [1.807, 2.05) is 19.1 Å². The first-order valence-electron chi connectivity index (χ1n) is 8.42. The number of ether oxygens (including phenoxy) is 1. The van der Waals surface area contributed by atoms with E-state index >= 15 is 0 Å². The SMILES string of the molecule is C/C(=N/NC(=S)Nc1ccccc1F)c1ccc(N2CCOCC2)cc1. The van der Waals surface area contributed by atoms with Crippen molar-refractivity contribution in [2.75, 3.05) is 36.5 Å². The Kier molecular flexibility index (Phi) is 6.14. The van der Waals surface area contributed by atoms with Crippen molar-refractivity contribution in [3.63, 3.8) is 0 Å². The summed E-state index contributed by atoms with van der Waals surface area (Å²) in [5, 5.41) is 7.29. The zero-order valence-electron chi connectivity index (χ0n) is 14.5. The Labute approximate surface area is 157 Å². The van der Waals surface area contributed by atoms with E-state index in [1.54, 1.807) is 18.2 Å². The van der Waals surface area contributed by atoms with Gasteiger partial charge >= 0.3 is 0 Å². The lowest BCUT2D eigenvalue weighted by atomic mass is 10.1. The van der Waals surface area contributed by atoms with Crippen LogP contribution in [0.15, 0.2) is 53.6 Å². The molecule has 1 aliphatic heterocycles. The molecular formula is C19H21FN4OS. The van der Waals surface area contributed by atoms with Gasteiger partial charge in [-0.2, -0.15) is 5.10 Å². The van der Waals surface area contributed by atoms with Gasteiger partial charge < -0.3 is 15.0 Å². The summed E-state index contributed by atoms with van der Waals surface area (Å²) in [5.74, 6) is -0.365. The number of nitrogens with one attached hydrogen (secondary N) is 2. The molecule has 0 radical (unpaired) electrons. The Morgan fingerprint density at radius 3 is 2.50 bits per heavy atom. The first kappa shape index (κ1) is 18.3. The van der Waals surface area contributed by atoms with Crippen LogP contribution in [0.1, 0.15) is 12.5 Å². The molecule has 3 rings (SSSR count). The third-order valence-electron chi connectivity index (χ3n) is 4.11. The smallest absolute Gasteiger partial charge is 0.191 e. The molecule has 0 atom stereocenters. The van der Waals surface area contributed by atoms with Crippen molar-refractivity contribution in [3.05, 3.63) is 59.9 Å². The summed E-state index contributed by atoms with van der Waals surface area (Å²) in [6.45, 7) is 5.23. The van der Waals surface area contributed by atoms with Gasteiger partial charge in [-0.25, -0.2) is 4.39 Å². The molecule has 1 saturated heterocycles. The molecule has 0 aromatic heterocycles. The topological polar surface area (TPSA) is 48.9 Å². The van der Waals surface area contributed by atoms with Crippen molar-refractivity contribution in [1.29, 1.82) is 0 Å². The van der Waals surface area contributed by atoms with Crippen molar-refractivity contribution >= 4 is 34.4 Å². The van der Waals surface area contributed by atoms with Gasteiger partial charge in [0.15, 0.2) is 5.11 Å². The number of thiocarbonyl (C=S) groups is 1. The second-order valence-corrected chi connectivity index (χ2v) is 6.30. The summed E-state index contributed by atoms with van der Waals surface area (Å²) in [6, 6.07) is 14.6. The molecular weight excluding hydrogens is 351 g/mol. The van der Waals surface area contributed by atoms with Crippen LogP contribution in [0.25, 0.3) is 0 Å². The average molecular weight is 372 g/mol. The molecule has 0 unspecified atom stereocenters. The lowest BCUT2D eigenvalue weighted by Crippen LogP contribution is -2.36. The molecule has 0 aliphatic carbocycles. The maximum Gasteiger partial charge on any atom is 0.191 e. The van der Waals surface area contributed by atoms with E-state index in [1.165, 1.54) is 11.8 Å². The van der Waals surface area contributed by atoms with E-state index < -0.39 is 0 Å². The number of anilines is 2. The predicted octanol–water partition coefficient (Wildman–Crippen LogP) is 3.37. The van der Waals surface area contributed by atoms with Crippen LogP contribution in [0, 0.1) is 5.82 Å². The minimum Gasteiger partial charge on any atom is -0.378 e. The summed E-state index contributed by atoms with van der Waals surface area (Å²) in [5.41, 5.74) is 6.01. The minimum atomic E-state index is -0.365. The molecule has 0 spiro atoms. The van der Waals surface area contributed by atoms with E-state index in [9.17, 15) is 4.39 Å². The predicted molar refractivity (Wildman–Crippen MR) is 107 cm³/mol. The Bertz CT molecular complexity index is 788. The summed E-state index contributed by atoms with van der Waals surface area (Å²) >= 11 is 5.16. The maximum atomic E-state index is 13.6. The lowest BCUT2D eigenvalue weighted by molar-refractivity contribution is 0.122. The van der Waals surface area contributed by atoms with Gasteiger partial charge in [0.1, 0.15) is 5.82 Å². The van der Waals surface area contributed by atoms with Crippen LogP contribution in [-0.4, -0.2) is 37.1 Å². The number of rotatable bonds is 4. The molecule has 2 N–H and O–H groups in total. The van der Waals surface area contributed by atoms with Crippen molar-refractivity contribution in [2.45, 2.75) is 6.92 Å². The molecule has 136 valence electrons. The average Bonchev–Trinajstić information content (AvgIpc) is 2.69. The van der Waals surface area contributed by atoms with Gasteiger partial charge in [0.25, 0.3) is 0 Å². The standard InChI is InChI=1S/C19H21FN4OS/c1-14(22-23-19(26)21-18-5-3-2-4-17(18)20)15-6-8-16(9-7-15)24-10-12-25-13-11-24/h2-9H,10-13H2,1H3,(H2,21,23,26)/b22-14-. The van der Waals surface area contributed by atoms with Crippen molar-refractivity contribution in [1.82, 2.24) is 5.43 Å². The molecule has 7 heteroatoms. The van der Waals surface area contributed by atoms with Crippen LogP contribution in [0.5, 0.6) is 0 Å². The molecule has 2 aromatic carbocycles. The van der Waals surface area contributed by atoms with E-state index in [2.05, 4.69) is 32.9 Å². The molecule has 5 nitrogen and oxygen atoms in total. The van der Waals surface area contributed by atoms with E-state index in [0.29, 0.717) is 5.69 Å². The lowest BCUT2D eigenvalue weighted by Gasteiger charge is -2.28. The molecule has 0 bridgehead atoms. The molecule has 1 aliphatic rings. The summed E-state index contributed by atoms with van der Waals surface area (Å²) in [4.78, 5) is 2.30. The number of hydrogen-bond donors (Lipinski definition) is 2. The van der Waals surface area contributed by atoms with Gasteiger partial charge in [-0.1, -0.05) is 24.3 Å². The van der Waals surface area contributed by atoms with Gasteiger partial charge in [-0.05, 0) is 49.0 Å². The minimum absolute atomic E-state index is 0.236. The largest absolute Gasteiger partial charge is 0.378 e. The quantitative estimate of drug-likeness (QED) is 0.490. The van der Waals surface area contributed by atoms with Crippen LogP contribution in [0.3, 0.4) is 0 Å². The molecule has 2 aromatic rings. The Morgan fingerprint density at radius 2 is 1.81 bits per heavy atom. The third-order valence-corrected chi connectivity index (χ3v) is 4.30. The Hall–Kier alpha value is -2.51. The number of benzene rings is 2. The second-order valence-electron chi connectivity index (χ2n) is 5.89. The number of para-hydroxylation sites is 1. The number of halogens is 1. The molecule has 1 fully saturated rings. The van der Waals surface area contributed by atoms with Crippen LogP contribution in [0.2, 0.25) is 0 Å². The third kappa shape index (κ3) is 4.77. The first-order chi connectivity index (χ1) is 12.6. The van der Waals surface area contributed by atoms with Crippen molar-refractivity contribution in [3.8, 4) is 0 Å². The Balaban J connectivity index is 1.58. The van der Waals surface area contributed by atoms with Gasteiger partial charge in [0.2, 0.25) is 0 Å². The Morgan fingerprint density at radius 1 is 1.12 bits per heavy atom. The fourth-order valence-electron chi connectivity index (χ4n) is 2.65. The molecule has 0 saturated carbocycles. The summed E-state index contributed by atoms with van der Waals surface area (Å²) in [6.07, 6.45) is 0. The van der Waals surface area contributed by atoms with Gasteiger partial charge in [0.05, 0.1) is 24.6 Å². The van der Waals surface area contributed by atoms with Crippen molar-refractivity contribution < 1.29 is 9.13 Å². The molecule has 26 heavy (non-hydrogen) atoms. The highest BCUT2D eigenvalue weighted by Gasteiger charge is 2.11. The van der Waals surface area contributed by atoms with Gasteiger partial charge in [-0.3, -0.25) is 5.43 Å². The second kappa shape index (κ2) is 8.73. The summed E-state index contributed by atoms with van der Waals surface area (Å²) < 4.78 is 19.0. The van der Waals surface area contributed by atoms with Gasteiger partial charge in [-0.15, -0.1) is 0 Å². The normalized spacial score (nSPS) is 14.8. The molecule has 0 amide bonds. The van der Waals surface area contributed by atoms with Crippen LogP contribution in [0.4, 0.5) is 15.8 Å². The van der Waals surface area contributed by atoms with Crippen LogP contribution >= 0.6 is 12.2 Å². The van der Waals surface area contributed by atoms with E-state index in [0.717, 1.165) is 37.6 Å². The number of morpholine rings is 1. The van der Waals surface area contributed by atoms with E-state index in [-0.39, 0.29) is 10.9 Å². The van der Waals surface area contributed by atoms with E-state index in [4.69, 9.17) is 17.0 Å². The maximum absolute atomic E-state index is 13.6. The highest BCUT2D eigenvalue weighted by Crippen LogP contribution is 2.17. The van der Waals surface area contributed by atoms with Gasteiger partial charge in [0, 0.05) is 18.8 Å². The highest BCUT2D eigenvalue weighted by atomic mass is 32.1. The monoisotopic (exact) mass is 372 g/mol. The zero-order valence-corrected chi connectivity index (χ0v) is 15.4. The van der Waals surface area contributed by atoms with Crippen LogP contribution < -0.4 is 15.6 Å². The number of hydrogen-bond acceptors (Lipinski definition) is 4.